The molecule has 3 aromatic heterocycles. The Kier molecular flexibility index (Phi) is 0.999. The molecule has 0 unspecified atom stereocenters. The lowest BCUT2D eigenvalue weighted by Gasteiger charge is -1.92. The average Bonchev–Trinajstić information content (AvgIpc) is 2.70. The number of imidazole rings is 1. The van der Waals surface area contributed by atoms with Crippen LogP contribution < -0.4 is 5.69 Å². The number of nitrogens with zero attached hydrogens (tertiary/aromatic N) is 2. The van der Waals surface area contributed by atoms with E-state index in [2.05, 4.69) is 15.0 Å². The lowest BCUT2D eigenvalue weighted by Crippen LogP contribution is -2.09. The van der Waals surface area contributed by atoms with E-state index in [1.165, 1.54) is 0 Å². The molecule has 0 atom stereocenters. The third kappa shape index (κ3) is 0.703. The van der Waals surface area contributed by atoms with Crippen molar-refractivity contribution in [2.45, 2.75) is 0 Å². The van der Waals surface area contributed by atoms with Crippen molar-refractivity contribution in [1.29, 1.82) is 0 Å². The maximum atomic E-state index is 11.4. The van der Waals surface area contributed by atoms with Gasteiger partial charge in [-0.25, -0.2) is 9.78 Å². The first-order valence-electron chi connectivity index (χ1n) is 3.88. The Morgan fingerprint density at radius 3 is 3.23 bits per heavy atom. The van der Waals surface area contributed by atoms with Crippen LogP contribution in [0.3, 0.4) is 0 Å². The largest absolute Gasteiger partial charge is 0.345 e. The summed E-state index contributed by atoms with van der Waals surface area (Å²) < 4.78 is 1.58. The molecule has 2 N–H and O–H groups in total. The SMILES string of the molecule is O=c1[nH]cc2cnc3[nH]ccc3n12. The molecule has 0 radical (unpaired) electrons. The molecule has 5 nitrogen and oxygen atoms in total. The standard InChI is InChI=1S/C8H6N4O/c13-8-11-4-5-3-10-7-6(12(5)8)1-2-9-7/h1-4,9H,(H,11,13). The zero-order chi connectivity index (χ0) is 8.84. The van der Waals surface area contributed by atoms with Crippen LogP contribution in [0.25, 0.3) is 16.7 Å². The van der Waals surface area contributed by atoms with Crippen LogP contribution in [-0.2, 0) is 0 Å². The van der Waals surface area contributed by atoms with Gasteiger partial charge in [0.1, 0.15) is 0 Å². The Morgan fingerprint density at radius 1 is 1.38 bits per heavy atom. The topological polar surface area (TPSA) is 66.0 Å². The molecule has 64 valence electrons. The number of aromatic amines is 2. The molecule has 0 aliphatic carbocycles. The lowest BCUT2D eigenvalue weighted by molar-refractivity contribution is 1.10. The first-order valence-corrected chi connectivity index (χ1v) is 3.88. The van der Waals surface area contributed by atoms with E-state index in [9.17, 15) is 4.79 Å². The fourth-order valence-electron chi connectivity index (χ4n) is 1.49. The van der Waals surface area contributed by atoms with Crippen molar-refractivity contribution < 1.29 is 0 Å². The monoisotopic (exact) mass is 174 g/mol. The first-order chi connectivity index (χ1) is 6.36. The van der Waals surface area contributed by atoms with Crippen molar-refractivity contribution in [2.75, 3.05) is 0 Å². The van der Waals surface area contributed by atoms with E-state index < -0.39 is 0 Å². The van der Waals surface area contributed by atoms with Crippen LogP contribution in [-0.4, -0.2) is 19.4 Å². The molecule has 0 spiro atoms. The molecule has 0 aliphatic heterocycles. The van der Waals surface area contributed by atoms with Gasteiger partial charge in [0.15, 0.2) is 5.65 Å². The predicted molar refractivity (Wildman–Crippen MR) is 47.7 cm³/mol. The number of rotatable bonds is 0. The van der Waals surface area contributed by atoms with Gasteiger partial charge in [0.05, 0.1) is 17.2 Å². The Labute approximate surface area is 72.0 Å². The quantitative estimate of drug-likeness (QED) is 0.521. The van der Waals surface area contributed by atoms with Gasteiger partial charge in [0, 0.05) is 12.4 Å². The second kappa shape index (κ2) is 2.01. The summed E-state index contributed by atoms with van der Waals surface area (Å²) in [7, 11) is 0. The third-order valence-corrected chi connectivity index (χ3v) is 2.08. The maximum Gasteiger partial charge on any atom is 0.330 e. The second-order valence-corrected chi connectivity index (χ2v) is 2.82. The van der Waals surface area contributed by atoms with Gasteiger partial charge >= 0.3 is 5.69 Å². The molecule has 0 aliphatic rings. The van der Waals surface area contributed by atoms with Gasteiger partial charge in [-0.15, -0.1) is 0 Å². The van der Waals surface area contributed by atoms with Crippen LogP contribution >= 0.6 is 0 Å². The van der Waals surface area contributed by atoms with Gasteiger partial charge in [-0.05, 0) is 6.07 Å². The normalized spacial score (nSPS) is 11.4. The minimum atomic E-state index is -0.137. The molecule has 5 heteroatoms. The van der Waals surface area contributed by atoms with Gasteiger partial charge in [-0.3, -0.25) is 4.40 Å². The summed E-state index contributed by atoms with van der Waals surface area (Å²) in [4.78, 5) is 21.1. The summed E-state index contributed by atoms with van der Waals surface area (Å²) in [6, 6.07) is 1.82. The van der Waals surface area contributed by atoms with Crippen molar-refractivity contribution in [3.05, 3.63) is 35.1 Å². The van der Waals surface area contributed by atoms with E-state index in [0.29, 0.717) is 5.65 Å². The van der Waals surface area contributed by atoms with E-state index in [-0.39, 0.29) is 5.69 Å². The first kappa shape index (κ1) is 6.47. The molecule has 0 amide bonds. The van der Waals surface area contributed by atoms with Crippen molar-refractivity contribution in [3.8, 4) is 0 Å². The summed E-state index contributed by atoms with van der Waals surface area (Å²) in [6.07, 6.45) is 5.05. The summed E-state index contributed by atoms with van der Waals surface area (Å²) in [5, 5.41) is 0. The third-order valence-electron chi connectivity index (χ3n) is 2.08. The van der Waals surface area contributed by atoms with E-state index in [0.717, 1.165) is 11.0 Å². The van der Waals surface area contributed by atoms with Crippen LogP contribution in [0, 0.1) is 0 Å². The molecule has 0 saturated carbocycles. The number of aromatic nitrogens is 4. The molecule has 0 fully saturated rings. The number of H-pyrrole nitrogens is 2. The lowest BCUT2D eigenvalue weighted by atomic mass is 10.5. The summed E-state index contributed by atoms with van der Waals surface area (Å²) in [5.41, 5.74) is 2.15. The molecule has 3 heterocycles. The van der Waals surface area contributed by atoms with Crippen LogP contribution in [0.2, 0.25) is 0 Å². The second-order valence-electron chi connectivity index (χ2n) is 2.82. The van der Waals surface area contributed by atoms with Crippen molar-refractivity contribution in [3.63, 3.8) is 0 Å². The van der Waals surface area contributed by atoms with Gasteiger partial charge in [0.25, 0.3) is 0 Å². The predicted octanol–water partition coefficient (Wildman–Crippen LogP) is 0.504. The van der Waals surface area contributed by atoms with Gasteiger partial charge < -0.3 is 9.97 Å². The van der Waals surface area contributed by atoms with Crippen LogP contribution in [0.5, 0.6) is 0 Å². The van der Waals surface area contributed by atoms with Gasteiger partial charge in [-0.2, -0.15) is 0 Å². The summed E-state index contributed by atoms with van der Waals surface area (Å²) in [6.45, 7) is 0. The van der Waals surface area contributed by atoms with Crippen LogP contribution in [0.4, 0.5) is 0 Å². The van der Waals surface area contributed by atoms with Crippen LogP contribution in [0.15, 0.2) is 29.5 Å². The Bertz CT molecular complexity index is 630. The van der Waals surface area contributed by atoms with Gasteiger partial charge in [0.2, 0.25) is 0 Å². The Hall–Kier alpha value is -2.04. The number of nitrogens with one attached hydrogen (secondary N) is 2. The number of fused-ring (bicyclic) bond motifs is 3. The van der Waals surface area contributed by atoms with Crippen molar-refractivity contribution in [2.24, 2.45) is 0 Å². The smallest absolute Gasteiger partial charge is 0.330 e. The molecular weight excluding hydrogens is 168 g/mol. The molecule has 3 aromatic rings. The van der Waals surface area contributed by atoms with E-state index >= 15 is 0 Å². The molecule has 3 rings (SSSR count). The fraction of sp³-hybridized carbons (Fsp3) is 0. The van der Waals surface area contributed by atoms with Gasteiger partial charge in [-0.1, -0.05) is 0 Å². The highest BCUT2D eigenvalue weighted by Crippen LogP contribution is 2.09. The molecule has 0 bridgehead atoms. The number of hydrogen-bond donors (Lipinski definition) is 2. The van der Waals surface area contributed by atoms with E-state index in [4.69, 9.17) is 0 Å². The zero-order valence-electron chi connectivity index (χ0n) is 6.61. The Morgan fingerprint density at radius 2 is 2.31 bits per heavy atom. The average molecular weight is 174 g/mol. The summed E-state index contributed by atoms with van der Waals surface area (Å²) in [5.74, 6) is 0. The minimum Gasteiger partial charge on any atom is -0.345 e. The van der Waals surface area contributed by atoms with E-state index in [1.807, 2.05) is 6.07 Å². The highest BCUT2D eigenvalue weighted by Gasteiger charge is 2.03. The van der Waals surface area contributed by atoms with E-state index in [1.54, 1.807) is 23.0 Å². The maximum absolute atomic E-state index is 11.4. The highest BCUT2D eigenvalue weighted by molar-refractivity contribution is 5.74. The zero-order valence-corrected chi connectivity index (χ0v) is 6.61. The molecule has 0 saturated heterocycles. The molecular formula is C8H6N4O. The fourth-order valence-corrected chi connectivity index (χ4v) is 1.49. The molecule has 0 aromatic carbocycles. The van der Waals surface area contributed by atoms with Crippen molar-refractivity contribution in [1.82, 2.24) is 19.4 Å². The minimum absolute atomic E-state index is 0.137. The molecule has 13 heavy (non-hydrogen) atoms. The highest BCUT2D eigenvalue weighted by atomic mass is 16.1. The summed E-state index contributed by atoms with van der Waals surface area (Å²) >= 11 is 0. The van der Waals surface area contributed by atoms with Crippen LogP contribution in [0.1, 0.15) is 0 Å². The van der Waals surface area contributed by atoms with Crippen molar-refractivity contribution >= 4 is 16.7 Å². The Balaban J connectivity index is 2.78. The number of hydrogen-bond acceptors (Lipinski definition) is 2.